The predicted octanol–water partition coefficient (Wildman–Crippen LogP) is 0.807. The molecule has 0 atom stereocenters. The Morgan fingerprint density at radius 2 is 2.00 bits per heavy atom. The molecule has 2 fully saturated rings. The molecule has 2 nitrogen and oxygen atoms in total. The second-order valence-electron chi connectivity index (χ2n) is 3.06. The van der Waals surface area contributed by atoms with E-state index >= 15 is 0 Å². The Bertz CT molecular complexity index is 102. The number of ether oxygens (including phenoxy) is 1. The van der Waals surface area contributed by atoms with Crippen LogP contribution in [0.4, 0.5) is 0 Å². The van der Waals surface area contributed by atoms with Crippen molar-refractivity contribution in [3.8, 4) is 0 Å². The lowest BCUT2D eigenvalue weighted by molar-refractivity contribution is 0.0130. The monoisotopic (exact) mass is 163 g/mol. The van der Waals surface area contributed by atoms with Gasteiger partial charge >= 0.3 is 0 Å². The van der Waals surface area contributed by atoms with Crippen LogP contribution in [0.1, 0.15) is 12.8 Å². The second kappa shape index (κ2) is 3.56. The van der Waals surface area contributed by atoms with Gasteiger partial charge in [0.2, 0.25) is 0 Å². The number of rotatable bonds is 3. The van der Waals surface area contributed by atoms with Crippen LogP contribution in [0.3, 0.4) is 0 Å². The fraction of sp³-hybridized carbons (Fsp3) is 1.00. The average molecular weight is 164 g/mol. The molecule has 2 rings (SSSR count). The van der Waals surface area contributed by atoms with E-state index in [1.807, 2.05) is 0 Å². The smallest absolute Gasteiger partial charge is 0.0823 e. The maximum Gasteiger partial charge on any atom is 0.0823 e. The maximum absolute atomic E-state index is 5.54. The van der Waals surface area contributed by atoms with Crippen LogP contribution in [0.15, 0.2) is 0 Å². The van der Waals surface area contributed by atoms with Gasteiger partial charge in [0.1, 0.15) is 0 Å². The van der Waals surface area contributed by atoms with Crippen LogP contribution in [0.25, 0.3) is 0 Å². The Morgan fingerprint density at radius 1 is 1.30 bits per heavy atom. The van der Waals surface area contributed by atoms with E-state index in [9.17, 15) is 0 Å². The summed E-state index contributed by atoms with van der Waals surface area (Å²) in [5.74, 6) is 0.922. The van der Waals surface area contributed by atoms with Crippen LogP contribution in [0, 0.1) is 5.92 Å². The minimum atomic E-state index is 0. The Morgan fingerprint density at radius 3 is 2.40 bits per heavy atom. The lowest BCUT2D eigenvalue weighted by atomic mass is 10.2. The van der Waals surface area contributed by atoms with Crippen molar-refractivity contribution in [2.24, 2.45) is 5.92 Å². The molecular formula is C7H14ClNO. The molecule has 1 N–H and O–H groups in total. The quantitative estimate of drug-likeness (QED) is 0.665. The molecule has 0 aromatic heterocycles. The van der Waals surface area contributed by atoms with E-state index in [0.717, 1.165) is 25.6 Å². The van der Waals surface area contributed by atoms with Gasteiger partial charge in [0, 0.05) is 19.7 Å². The topological polar surface area (TPSA) is 21.3 Å². The summed E-state index contributed by atoms with van der Waals surface area (Å²) in [4.78, 5) is 0. The minimum absolute atomic E-state index is 0. The van der Waals surface area contributed by atoms with Gasteiger partial charge < -0.3 is 10.1 Å². The highest BCUT2D eigenvalue weighted by Gasteiger charge is 2.24. The van der Waals surface area contributed by atoms with Gasteiger partial charge in [0.15, 0.2) is 0 Å². The van der Waals surface area contributed by atoms with Crippen molar-refractivity contribution in [2.45, 2.75) is 18.9 Å². The summed E-state index contributed by atoms with van der Waals surface area (Å²) < 4.78 is 5.54. The van der Waals surface area contributed by atoms with E-state index in [0.29, 0.717) is 6.10 Å². The molecule has 0 radical (unpaired) electrons. The molecule has 1 aliphatic heterocycles. The fourth-order valence-corrected chi connectivity index (χ4v) is 0.937. The molecule has 0 spiro atoms. The van der Waals surface area contributed by atoms with Crippen LogP contribution in [0.5, 0.6) is 0 Å². The molecule has 1 saturated carbocycles. The second-order valence-corrected chi connectivity index (χ2v) is 3.06. The van der Waals surface area contributed by atoms with Gasteiger partial charge in [-0.05, 0) is 18.8 Å². The van der Waals surface area contributed by atoms with Gasteiger partial charge in [-0.1, -0.05) is 0 Å². The molecule has 3 heteroatoms. The van der Waals surface area contributed by atoms with Gasteiger partial charge in [-0.25, -0.2) is 0 Å². The van der Waals surface area contributed by atoms with Crippen molar-refractivity contribution in [1.29, 1.82) is 0 Å². The highest BCUT2D eigenvalue weighted by Crippen LogP contribution is 2.29. The number of hydrogen-bond acceptors (Lipinski definition) is 2. The average Bonchev–Trinajstić information content (AvgIpc) is 2.44. The predicted molar refractivity (Wildman–Crippen MR) is 42.6 cm³/mol. The summed E-state index contributed by atoms with van der Waals surface area (Å²) in [6, 6.07) is 0. The third-order valence-electron chi connectivity index (χ3n) is 2.01. The molecule has 1 aliphatic carbocycles. The van der Waals surface area contributed by atoms with E-state index in [1.54, 1.807) is 0 Å². The van der Waals surface area contributed by atoms with Gasteiger partial charge in [-0.2, -0.15) is 0 Å². The zero-order valence-electron chi connectivity index (χ0n) is 6.01. The molecule has 0 aromatic carbocycles. The van der Waals surface area contributed by atoms with Crippen molar-refractivity contribution >= 4 is 12.4 Å². The van der Waals surface area contributed by atoms with E-state index in [2.05, 4.69) is 5.32 Å². The van der Waals surface area contributed by atoms with Gasteiger partial charge in [-0.15, -0.1) is 12.4 Å². The first kappa shape index (κ1) is 8.31. The molecular weight excluding hydrogens is 150 g/mol. The highest BCUT2D eigenvalue weighted by molar-refractivity contribution is 5.85. The molecule has 0 unspecified atom stereocenters. The normalized spacial score (nSPS) is 25.2. The zero-order chi connectivity index (χ0) is 6.10. The van der Waals surface area contributed by atoms with Gasteiger partial charge in [0.05, 0.1) is 6.10 Å². The number of hydrogen-bond donors (Lipinski definition) is 1. The summed E-state index contributed by atoms with van der Waals surface area (Å²) in [6.45, 7) is 3.17. The molecule has 60 valence electrons. The largest absolute Gasteiger partial charge is 0.375 e. The van der Waals surface area contributed by atoms with E-state index in [1.165, 1.54) is 12.8 Å². The van der Waals surface area contributed by atoms with Crippen molar-refractivity contribution in [2.75, 3.05) is 19.7 Å². The lowest BCUT2D eigenvalue weighted by Crippen LogP contribution is -2.48. The first-order valence-electron chi connectivity index (χ1n) is 3.77. The van der Waals surface area contributed by atoms with Crippen LogP contribution >= 0.6 is 12.4 Å². The third-order valence-corrected chi connectivity index (χ3v) is 2.01. The van der Waals surface area contributed by atoms with Crippen LogP contribution < -0.4 is 5.32 Å². The fourth-order valence-electron chi connectivity index (χ4n) is 0.937. The summed E-state index contributed by atoms with van der Waals surface area (Å²) in [5, 5.41) is 3.18. The van der Waals surface area contributed by atoms with Crippen molar-refractivity contribution < 1.29 is 4.74 Å². The molecule has 0 amide bonds. The summed E-state index contributed by atoms with van der Waals surface area (Å²) in [5.41, 5.74) is 0. The highest BCUT2D eigenvalue weighted by atomic mass is 35.5. The van der Waals surface area contributed by atoms with Gasteiger partial charge in [-0.3, -0.25) is 0 Å². The molecule has 1 saturated heterocycles. The molecule has 0 aromatic rings. The van der Waals surface area contributed by atoms with Crippen molar-refractivity contribution in [3.63, 3.8) is 0 Å². The number of nitrogens with one attached hydrogen (secondary N) is 1. The van der Waals surface area contributed by atoms with Crippen molar-refractivity contribution in [1.82, 2.24) is 5.32 Å². The zero-order valence-corrected chi connectivity index (χ0v) is 6.82. The summed E-state index contributed by atoms with van der Waals surface area (Å²) in [7, 11) is 0. The Labute approximate surface area is 67.7 Å². The van der Waals surface area contributed by atoms with Crippen LogP contribution in [-0.4, -0.2) is 25.8 Å². The minimum Gasteiger partial charge on any atom is -0.375 e. The van der Waals surface area contributed by atoms with E-state index < -0.39 is 0 Å². The van der Waals surface area contributed by atoms with Crippen LogP contribution in [-0.2, 0) is 4.74 Å². The SMILES string of the molecule is C1CC1COC1CNC1.Cl. The molecule has 10 heavy (non-hydrogen) atoms. The Hall–Kier alpha value is 0.210. The lowest BCUT2D eigenvalue weighted by Gasteiger charge is -2.26. The Kier molecular flexibility index (Phi) is 2.96. The first-order chi connectivity index (χ1) is 4.45. The summed E-state index contributed by atoms with van der Waals surface area (Å²) >= 11 is 0. The molecule has 1 heterocycles. The molecule has 2 aliphatic rings. The number of halogens is 1. The first-order valence-corrected chi connectivity index (χ1v) is 3.77. The van der Waals surface area contributed by atoms with Gasteiger partial charge in [0.25, 0.3) is 0 Å². The van der Waals surface area contributed by atoms with Crippen LogP contribution in [0.2, 0.25) is 0 Å². The maximum atomic E-state index is 5.54. The third kappa shape index (κ3) is 2.11. The molecule has 0 bridgehead atoms. The van der Waals surface area contributed by atoms with E-state index in [4.69, 9.17) is 4.74 Å². The Balaban J connectivity index is 0.000000500. The van der Waals surface area contributed by atoms with E-state index in [-0.39, 0.29) is 12.4 Å². The summed E-state index contributed by atoms with van der Waals surface area (Å²) in [6.07, 6.45) is 3.35. The standard InChI is InChI=1S/C7H13NO.ClH/c1-2-6(1)5-9-7-3-8-4-7;/h6-8H,1-5H2;1H. The van der Waals surface area contributed by atoms with Crippen molar-refractivity contribution in [3.05, 3.63) is 0 Å².